The molecule has 0 radical (unpaired) electrons. The Morgan fingerprint density at radius 2 is 2.00 bits per heavy atom. The summed E-state index contributed by atoms with van der Waals surface area (Å²) in [5.74, 6) is 0.341. The summed E-state index contributed by atoms with van der Waals surface area (Å²) >= 11 is 3.42. The van der Waals surface area contributed by atoms with Crippen LogP contribution in [0.1, 0.15) is 34.1 Å². The maximum atomic E-state index is 11.4. The number of Topliss-reactive ketones (excluding diaryl/α,β-unsaturated/α-hetero) is 1. The Morgan fingerprint density at radius 3 is 2.46 bits per heavy atom. The summed E-state index contributed by atoms with van der Waals surface area (Å²) in [6.07, 6.45) is 0.674. The van der Waals surface area contributed by atoms with Crippen molar-refractivity contribution in [3.8, 4) is 0 Å². The molecule has 0 saturated carbocycles. The van der Waals surface area contributed by atoms with Gasteiger partial charge in [-0.3, -0.25) is 9.69 Å². The van der Waals surface area contributed by atoms with Crippen LogP contribution in [0.4, 0.5) is 0 Å². The molecule has 76 valence electrons. The number of nitrogens with zero attached hydrogens (tertiary/aromatic N) is 1. The summed E-state index contributed by atoms with van der Waals surface area (Å²) in [5.41, 5.74) is 0.159. The highest BCUT2D eigenvalue weighted by molar-refractivity contribution is 9.10. The van der Waals surface area contributed by atoms with Crippen LogP contribution in [-0.2, 0) is 4.79 Å². The van der Waals surface area contributed by atoms with Gasteiger partial charge in [-0.25, -0.2) is 0 Å². The lowest BCUT2D eigenvalue weighted by Crippen LogP contribution is -2.55. The van der Waals surface area contributed by atoms with Crippen LogP contribution in [0.3, 0.4) is 0 Å². The van der Waals surface area contributed by atoms with E-state index in [1.165, 1.54) is 0 Å². The van der Waals surface area contributed by atoms with E-state index in [1.807, 2.05) is 0 Å². The minimum Gasteiger partial charge on any atom is -0.298 e. The molecule has 0 aromatic rings. The van der Waals surface area contributed by atoms with E-state index in [1.54, 1.807) is 0 Å². The lowest BCUT2D eigenvalue weighted by Gasteiger charge is -2.44. The van der Waals surface area contributed by atoms with Gasteiger partial charge in [0.15, 0.2) is 0 Å². The zero-order chi connectivity index (χ0) is 10.2. The molecule has 0 aliphatic carbocycles. The Balaban J connectivity index is 2.72. The molecule has 1 aliphatic heterocycles. The van der Waals surface area contributed by atoms with Crippen LogP contribution in [0.25, 0.3) is 0 Å². The van der Waals surface area contributed by atoms with Gasteiger partial charge in [-0.2, -0.15) is 0 Å². The van der Waals surface area contributed by atoms with Gasteiger partial charge in [0.25, 0.3) is 0 Å². The molecule has 2 unspecified atom stereocenters. The van der Waals surface area contributed by atoms with E-state index >= 15 is 0 Å². The number of likely N-dealkylation sites (tertiary alicyclic amines) is 1. The largest absolute Gasteiger partial charge is 0.298 e. The number of carbonyl (C=O) groups is 1. The number of rotatable bonds is 0. The zero-order valence-corrected chi connectivity index (χ0v) is 10.4. The number of piperidine rings is 1. The predicted molar refractivity (Wildman–Crippen MR) is 58.3 cm³/mol. The third-order valence-corrected chi connectivity index (χ3v) is 3.40. The molecule has 1 rings (SSSR count). The van der Waals surface area contributed by atoms with Gasteiger partial charge in [0.2, 0.25) is 0 Å². The Bertz CT molecular complexity index is 209. The third-order valence-electron chi connectivity index (χ3n) is 2.60. The maximum absolute atomic E-state index is 11.4. The second-order valence-electron chi connectivity index (χ2n) is 4.81. The molecule has 2 nitrogen and oxygen atoms in total. The molecule has 0 spiro atoms. The van der Waals surface area contributed by atoms with Crippen LogP contribution in [0, 0.1) is 0 Å². The highest BCUT2D eigenvalue weighted by atomic mass is 79.9. The molecule has 0 aromatic heterocycles. The number of ketones is 1. The summed E-state index contributed by atoms with van der Waals surface area (Å²) in [4.78, 5) is 13.8. The molecule has 0 aromatic carbocycles. The lowest BCUT2D eigenvalue weighted by molar-refractivity contribution is -0.123. The van der Waals surface area contributed by atoms with Crippen molar-refractivity contribution in [2.24, 2.45) is 0 Å². The molecule has 2 atom stereocenters. The van der Waals surface area contributed by atoms with E-state index in [4.69, 9.17) is 0 Å². The van der Waals surface area contributed by atoms with Crippen molar-refractivity contribution in [2.75, 3.05) is 6.54 Å². The molecule has 13 heavy (non-hydrogen) atoms. The van der Waals surface area contributed by atoms with Crippen molar-refractivity contribution in [1.82, 2.24) is 4.90 Å². The standard InChI is InChI=1S/C10H18BrNO/c1-7-5-9(13)8(11)6-12(7)10(2,3)4/h7-8H,5-6H2,1-4H3. The topological polar surface area (TPSA) is 20.3 Å². The second-order valence-corrected chi connectivity index (χ2v) is 5.92. The van der Waals surface area contributed by atoms with Crippen LogP contribution in [0.5, 0.6) is 0 Å². The van der Waals surface area contributed by atoms with Crippen LogP contribution < -0.4 is 0 Å². The molecule has 3 heteroatoms. The molecular formula is C10H18BrNO. The predicted octanol–water partition coefficient (Wildman–Crippen LogP) is 2.21. The fourth-order valence-corrected chi connectivity index (χ4v) is 2.42. The monoisotopic (exact) mass is 247 g/mol. The molecule has 0 bridgehead atoms. The van der Waals surface area contributed by atoms with E-state index < -0.39 is 0 Å². The van der Waals surface area contributed by atoms with Gasteiger partial charge in [0, 0.05) is 24.5 Å². The van der Waals surface area contributed by atoms with Gasteiger partial charge in [0.1, 0.15) is 5.78 Å². The Morgan fingerprint density at radius 1 is 1.46 bits per heavy atom. The first-order valence-corrected chi connectivity index (χ1v) is 5.67. The van der Waals surface area contributed by atoms with Crippen LogP contribution in [-0.4, -0.2) is 33.6 Å². The van der Waals surface area contributed by atoms with Crippen LogP contribution >= 0.6 is 15.9 Å². The average molecular weight is 248 g/mol. The highest BCUT2D eigenvalue weighted by Crippen LogP contribution is 2.26. The maximum Gasteiger partial charge on any atom is 0.149 e. The van der Waals surface area contributed by atoms with E-state index in [0.29, 0.717) is 18.2 Å². The minimum atomic E-state index is 0.0305. The van der Waals surface area contributed by atoms with E-state index in [0.717, 1.165) is 6.54 Å². The van der Waals surface area contributed by atoms with Gasteiger partial charge in [-0.15, -0.1) is 0 Å². The van der Waals surface area contributed by atoms with E-state index in [9.17, 15) is 4.79 Å². The lowest BCUT2D eigenvalue weighted by atomic mass is 9.95. The molecule has 1 aliphatic rings. The summed E-state index contributed by atoms with van der Waals surface area (Å²) < 4.78 is 0. The van der Waals surface area contributed by atoms with Crippen molar-refractivity contribution < 1.29 is 4.79 Å². The number of halogens is 1. The Labute approximate surface area is 88.8 Å². The fourth-order valence-electron chi connectivity index (χ4n) is 1.92. The smallest absolute Gasteiger partial charge is 0.149 e. The van der Waals surface area contributed by atoms with E-state index in [2.05, 4.69) is 48.5 Å². The van der Waals surface area contributed by atoms with Gasteiger partial charge in [-0.1, -0.05) is 15.9 Å². The molecule has 1 fully saturated rings. The number of carbonyl (C=O) groups excluding carboxylic acids is 1. The molecule has 1 saturated heterocycles. The molecule has 0 N–H and O–H groups in total. The SMILES string of the molecule is CC1CC(=O)C(Br)CN1C(C)(C)C. The summed E-state index contributed by atoms with van der Waals surface area (Å²) in [5, 5.41) is 0. The van der Waals surface area contributed by atoms with Gasteiger partial charge < -0.3 is 0 Å². The molecule has 1 heterocycles. The first kappa shape index (κ1) is 11.2. The van der Waals surface area contributed by atoms with Gasteiger partial charge >= 0.3 is 0 Å². The number of alkyl halides is 1. The van der Waals surface area contributed by atoms with Crippen molar-refractivity contribution in [2.45, 2.75) is 50.5 Å². The fraction of sp³-hybridized carbons (Fsp3) is 0.900. The second kappa shape index (κ2) is 3.70. The first-order chi connectivity index (χ1) is 5.82. The van der Waals surface area contributed by atoms with Crippen molar-refractivity contribution in [3.63, 3.8) is 0 Å². The van der Waals surface area contributed by atoms with E-state index in [-0.39, 0.29) is 10.4 Å². The molecule has 0 amide bonds. The Kier molecular flexibility index (Phi) is 3.18. The minimum absolute atomic E-state index is 0.0305. The quantitative estimate of drug-likeness (QED) is 0.612. The summed E-state index contributed by atoms with van der Waals surface area (Å²) in [6.45, 7) is 9.54. The Hall–Kier alpha value is 0.110. The van der Waals surface area contributed by atoms with Crippen molar-refractivity contribution in [3.05, 3.63) is 0 Å². The number of hydrogen-bond donors (Lipinski definition) is 0. The summed E-state index contributed by atoms with van der Waals surface area (Å²) in [6, 6.07) is 0.376. The number of hydrogen-bond acceptors (Lipinski definition) is 2. The third kappa shape index (κ3) is 2.53. The highest BCUT2D eigenvalue weighted by Gasteiger charge is 2.35. The summed E-state index contributed by atoms with van der Waals surface area (Å²) in [7, 11) is 0. The van der Waals surface area contributed by atoms with Crippen molar-refractivity contribution in [1.29, 1.82) is 0 Å². The average Bonchev–Trinajstić information content (AvgIpc) is 1.94. The van der Waals surface area contributed by atoms with Gasteiger partial charge in [-0.05, 0) is 27.7 Å². The van der Waals surface area contributed by atoms with Gasteiger partial charge in [0.05, 0.1) is 4.83 Å². The van der Waals surface area contributed by atoms with Crippen LogP contribution in [0.2, 0.25) is 0 Å². The molecular weight excluding hydrogens is 230 g/mol. The normalized spacial score (nSPS) is 32.2. The first-order valence-electron chi connectivity index (χ1n) is 4.76. The zero-order valence-electron chi connectivity index (χ0n) is 8.80. The van der Waals surface area contributed by atoms with Crippen LogP contribution in [0.15, 0.2) is 0 Å². The van der Waals surface area contributed by atoms with Crippen molar-refractivity contribution >= 4 is 21.7 Å².